The van der Waals surface area contributed by atoms with Crippen LogP contribution < -0.4 is 10.6 Å². The molecular formula is C14H21N5O2. The molecule has 0 aromatic carbocycles. The largest absolute Gasteiger partial charge is 0.345 e. The average Bonchev–Trinajstić information content (AvgIpc) is 3.20. The first-order chi connectivity index (χ1) is 10.3. The molecule has 2 unspecified atom stereocenters. The summed E-state index contributed by atoms with van der Waals surface area (Å²) in [5, 5.41) is 10.2. The van der Waals surface area contributed by atoms with Crippen LogP contribution in [0.2, 0.25) is 0 Å². The lowest BCUT2D eigenvalue weighted by molar-refractivity contribution is 0.0613. The van der Waals surface area contributed by atoms with Gasteiger partial charge < -0.3 is 20.1 Å². The van der Waals surface area contributed by atoms with E-state index in [1.807, 2.05) is 0 Å². The molecule has 4 saturated heterocycles. The molecule has 4 aliphatic heterocycles. The maximum atomic E-state index is 12.3. The van der Waals surface area contributed by atoms with Crippen LogP contribution in [0.5, 0.6) is 0 Å². The van der Waals surface area contributed by atoms with Crippen molar-refractivity contribution in [2.75, 3.05) is 26.2 Å². The van der Waals surface area contributed by atoms with E-state index in [4.69, 9.17) is 4.52 Å². The molecule has 7 nitrogen and oxygen atoms in total. The Bertz CT molecular complexity index is 517. The lowest BCUT2D eigenvalue weighted by atomic mass is 9.84. The van der Waals surface area contributed by atoms with E-state index in [0.29, 0.717) is 11.8 Å². The van der Waals surface area contributed by atoms with Gasteiger partial charge >= 0.3 is 0 Å². The molecule has 2 atom stereocenters. The van der Waals surface area contributed by atoms with Crippen molar-refractivity contribution in [1.82, 2.24) is 25.7 Å². The van der Waals surface area contributed by atoms with Gasteiger partial charge in [0.05, 0.1) is 6.04 Å². The number of amides is 1. The summed E-state index contributed by atoms with van der Waals surface area (Å²) in [6.45, 7) is 4.24. The van der Waals surface area contributed by atoms with Gasteiger partial charge in [-0.15, -0.1) is 0 Å². The van der Waals surface area contributed by atoms with Crippen LogP contribution in [0.1, 0.15) is 48.2 Å². The molecule has 5 heterocycles. The van der Waals surface area contributed by atoms with Crippen LogP contribution in [-0.4, -0.2) is 53.2 Å². The quantitative estimate of drug-likeness (QED) is 0.834. The Morgan fingerprint density at radius 3 is 2.86 bits per heavy atom. The van der Waals surface area contributed by atoms with Crippen molar-refractivity contribution >= 4 is 5.91 Å². The van der Waals surface area contributed by atoms with E-state index in [1.165, 1.54) is 12.8 Å². The summed E-state index contributed by atoms with van der Waals surface area (Å²) in [5.41, 5.74) is 0. The van der Waals surface area contributed by atoms with Crippen LogP contribution in [0.3, 0.4) is 0 Å². The average molecular weight is 291 g/mol. The maximum absolute atomic E-state index is 12.3. The molecule has 7 heteroatoms. The summed E-state index contributed by atoms with van der Waals surface area (Å²) in [5.74, 6) is 1.09. The molecule has 0 spiro atoms. The SMILES string of the molecule is O=C(NC1CN2CCC1CC2)c1noc(C2CCCN2)n1. The van der Waals surface area contributed by atoms with E-state index >= 15 is 0 Å². The molecule has 0 aliphatic carbocycles. The number of nitrogens with zero attached hydrogens (tertiary/aromatic N) is 3. The van der Waals surface area contributed by atoms with Gasteiger partial charge in [-0.2, -0.15) is 4.98 Å². The fraction of sp³-hybridized carbons (Fsp3) is 0.786. The summed E-state index contributed by atoms with van der Waals surface area (Å²) in [6, 6.07) is 0.336. The van der Waals surface area contributed by atoms with Crippen molar-refractivity contribution in [1.29, 1.82) is 0 Å². The molecule has 4 aliphatic rings. The Labute approximate surface area is 123 Å². The second-order valence-corrected chi connectivity index (χ2v) is 6.32. The third kappa shape index (κ3) is 2.55. The van der Waals surface area contributed by atoms with Crippen molar-refractivity contribution in [3.05, 3.63) is 11.7 Å². The lowest BCUT2D eigenvalue weighted by Crippen LogP contribution is -2.57. The zero-order chi connectivity index (χ0) is 14.2. The number of hydrogen-bond donors (Lipinski definition) is 2. The van der Waals surface area contributed by atoms with E-state index in [-0.39, 0.29) is 23.8 Å². The number of hydrogen-bond acceptors (Lipinski definition) is 6. The number of piperidine rings is 3. The molecule has 21 heavy (non-hydrogen) atoms. The molecule has 4 fully saturated rings. The minimum Gasteiger partial charge on any atom is -0.345 e. The fourth-order valence-corrected chi connectivity index (χ4v) is 3.73. The summed E-state index contributed by atoms with van der Waals surface area (Å²) in [4.78, 5) is 18.9. The number of aromatic nitrogens is 2. The minimum atomic E-state index is -0.207. The Hall–Kier alpha value is -1.47. The predicted octanol–water partition coefficient (Wildman–Crippen LogP) is 0.318. The highest BCUT2D eigenvalue weighted by Crippen LogP contribution is 2.27. The molecule has 5 rings (SSSR count). The zero-order valence-corrected chi connectivity index (χ0v) is 12.0. The van der Waals surface area contributed by atoms with Gasteiger partial charge in [0.15, 0.2) is 0 Å². The lowest BCUT2D eigenvalue weighted by Gasteiger charge is -2.44. The number of rotatable bonds is 3. The molecule has 2 bridgehead atoms. The molecular weight excluding hydrogens is 270 g/mol. The summed E-state index contributed by atoms with van der Waals surface area (Å²) >= 11 is 0. The minimum absolute atomic E-state index is 0.107. The molecule has 2 N–H and O–H groups in total. The molecule has 0 radical (unpaired) electrons. The number of carbonyl (C=O) groups is 1. The number of nitrogens with one attached hydrogen (secondary N) is 2. The fourth-order valence-electron chi connectivity index (χ4n) is 3.73. The third-order valence-electron chi connectivity index (χ3n) is 4.98. The molecule has 114 valence electrons. The predicted molar refractivity (Wildman–Crippen MR) is 74.7 cm³/mol. The Morgan fingerprint density at radius 2 is 2.19 bits per heavy atom. The number of carbonyl (C=O) groups excluding carboxylic acids is 1. The van der Waals surface area contributed by atoms with Gasteiger partial charge in [-0.1, -0.05) is 5.16 Å². The van der Waals surface area contributed by atoms with Crippen molar-refractivity contribution < 1.29 is 9.32 Å². The normalized spacial score (nSPS) is 35.0. The van der Waals surface area contributed by atoms with Gasteiger partial charge in [-0.05, 0) is 51.2 Å². The highest BCUT2D eigenvalue weighted by molar-refractivity contribution is 5.90. The monoisotopic (exact) mass is 291 g/mol. The topological polar surface area (TPSA) is 83.3 Å². The zero-order valence-electron chi connectivity index (χ0n) is 12.0. The first-order valence-electron chi connectivity index (χ1n) is 7.90. The molecule has 1 aromatic rings. The van der Waals surface area contributed by atoms with Crippen molar-refractivity contribution in [3.63, 3.8) is 0 Å². The van der Waals surface area contributed by atoms with Gasteiger partial charge in [0.25, 0.3) is 11.7 Å². The maximum Gasteiger partial charge on any atom is 0.292 e. The van der Waals surface area contributed by atoms with Crippen LogP contribution in [0.25, 0.3) is 0 Å². The Balaban J connectivity index is 1.40. The highest BCUT2D eigenvalue weighted by Gasteiger charge is 2.35. The van der Waals surface area contributed by atoms with E-state index in [9.17, 15) is 4.79 Å². The molecule has 1 aromatic heterocycles. The third-order valence-corrected chi connectivity index (χ3v) is 4.98. The first-order valence-corrected chi connectivity index (χ1v) is 7.90. The van der Waals surface area contributed by atoms with E-state index in [2.05, 4.69) is 25.7 Å². The Morgan fingerprint density at radius 1 is 1.33 bits per heavy atom. The van der Waals surface area contributed by atoms with Crippen LogP contribution in [-0.2, 0) is 0 Å². The van der Waals surface area contributed by atoms with E-state index < -0.39 is 0 Å². The van der Waals surface area contributed by atoms with Crippen LogP contribution in [0.4, 0.5) is 0 Å². The van der Waals surface area contributed by atoms with Crippen molar-refractivity contribution in [2.24, 2.45) is 5.92 Å². The van der Waals surface area contributed by atoms with Gasteiger partial charge in [0.2, 0.25) is 5.89 Å². The van der Waals surface area contributed by atoms with Gasteiger partial charge in [-0.25, -0.2) is 0 Å². The molecule has 1 amide bonds. The van der Waals surface area contributed by atoms with Gasteiger partial charge in [-0.3, -0.25) is 4.79 Å². The second kappa shape index (κ2) is 5.38. The summed E-state index contributed by atoms with van der Waals surface area (Å²) in [6.07, 6.45) is 4.44. The van der Waals surface area contributed by atoms with Gasteiger partial charge in [0.1, 0.15) is 0 Å². The standard InChI is InChI=1S/C14H21N5O2/c20-13(16-11-8-19-6-3-9(11)4-7-19)12-17-14(21-18-12)10-2-1-5-15-10/h9-11,15H,1-8H2,(H,16,20). The van der Waals surface area contributed by atoms with Crippen LogP contribution in [0, 0.1) is 5.92 Å². The second-order valence-electron chi connectivity index (χ2n) is 6.32. The van der Waals surface area contributed by atoms with Crippen molar-refractivity contribution in [3.8, 4) is 0 Å². The van der Waals surface area contributed by atoms with E-state index in [0.717, 1.165) is 39.0 Å². The van der Waals surface area contributed by atoms with Crippen LogP contribution >= 0.6 is 0 Å². The summed E-state index contributed by atoms with van der Waals surface area (Å²) < 4.78 is 5.23. The first kappa shape index (κ1) is 13.2. The van der Waals surface area contributed by atoms with Crippen molar-refractivity contribution in [2.45, 2.75) is 37.8 Å². The Kier molecular flexibility index (Phi) is 3.39. The molecule has 0 saturated carbocycles. The summed E-state index contributed by atoms with van der Waals surface area (Å²) in [7, 11) is 0. The van der Waals surface area contributed by atoms with Crippen LogP contribution in [0.15, 0.2) is 4.52 Å². The smallest absolute Gasteiger partial charge is 0.292 e. The number of fused-ring (bicyclic) bond motifs is 3. The van der Waals surface area contributed by atoms with E-state index in [1.54, 1.807) is 0 Å². The van der Waals surface area contributed by atoms with Gasteiger partial charge in [0, 0.05) is 12.6 Å². The highest BCUT2D eigenvalue weighted by atomic mass is 16.5.